The Labute approximate surface area is 86.3 Å². The lowest BCUT2D eigenvalue weighted by molar-refractivity contribution is 0.219. The van der Waals surface area contributed by atoms with Crippen molar-refractivity contribution in [1.29, 1.82) is 0 Å². The fraction of sp³-hybridized carbons (Fsp3) is 0.0909. The molecule has 0 saturated heterocycles. The van der Waals surface area contributed by atoms with Gasteiger partial charge in [-0.15, -0.1) is 0 Å². The maximum Gasteiger partial charge on any atom is 0.141 e. The molecule has 0 radical (unpaired) electrons. The molecular weight excluding hydrogens is 195 g/mol. The molecule has 0 aliphatic heterocycles. The molecular formula is C11H9FN2O. The van der Waals surface area contributed by atoms with Gasteiger partial charge in [0, 0.05) is 24.2 Å². The quantitative estimate of drug-likeness (QED) is 0.809. The highest BCUT2D eigenvalue weighted by Gasteiger charge is 2.10. The number of halogens is 1. The van der Waals surface area contributed by atoms with E-state index in [1.165, 1.54) is 12.3 Å². The summed E-state index contributed by atoms with van der Waals surface area (Å²) >= 11 is 0. The molecule has 1 unspecified atom stereocenters. The SMILES string of the molecule is OC(c1ccncc1)c1cncc(F)c1. The average molecular weight is 204 g/mol. The second kappa shape index (κ2) is 4.14. The molecule has 0 amide bonds. The number of pyridine rings is 2. The maximum atomic E-state index is 12.9. The van der Waals surface area contributed by atoms with Crippen LogP contribution in [0.25, 0.3) is 0 Å². The first kappa shape index (κ1) is 9.73. The Balaban J connectivity index is 2.32. The molecule has 4 heteroatoms. The highest BCUT2D eigenvalue weighted by Crippen LogP contribution is 2.20. The summed E-state index contributed by atoms with van der Waals surface area (Å²) in [7, 11) is 0. The molecule has 0 bridgehead atoms. The number of aliphatic hydroxyl groups excluding tert-OH is 1. The van der Waals surface area contributed by atoms with Crippen molar-refractivity contribution in [2.75, 3.05) is 0 Å². The monoisotopic (exact) mass is 204 g/mol. The molecule has 1 atom stereocenters. The van der Waals surface area contributed by atoms with Crippen LogP contribution in [0.1, 0.15) is 17.2 Å². The minimum Gasteiger partial charge on any atom is -0.384 e. The van der Waals surface area contributed by atoms with E-state index in [2.05, 4.69) is 9.97 Å². The standard InChI is InChI=1S/C11H9FN2O/c12-10-5-9(6-14-7-10)11(15)8-1-3-13-4-2-8/h1-7,11,15H. The summed E-state index contributed by atoms with van der Waals surface area (Å²) in [4.78, 5) is 7.52. The fourth-order valence-electron chi connectivity index (χ4n) is 1.32. The normalized spacial score (nSPS) is 12.4. The first-order valence-electron chi connectivity index (χ1n) is 4.46. The van der Waals surface area contributed by atoms with Crippen molar-refractivity contribution in [1.82, 2.24) is 9.97 Å². The Morgan fingerprint density at radius 3 is 2.47 bits per heavy atom. The Morgan fingerprint density at radius 2 is 1.80 bits per heavy atom. The van der Waals surface area contributed by atoms with Crippen LogP contribution < -0.4 is 0 Å². The van der Waals surface area contributed by atoms with Gasteiger partial charge >= 0.3 is 0 Å². The van der Waals surface area contributed by atoms with Gasteiger partial charge in [-0.05, 0) is 23.8 Å². The zero-order chi connectivity index (χ0) is 10.7. The van der Waals surface area contributed by atoms with Crippen LogP contribution in [-0.4, -0.2) is 15.1 Å². The third kappa shape index (κ3) is 2.16. The number of rotatable bonds is 2. The van der Waals surface area contributed by atoms with Crippen LogP contribution in [0.2, 0.25) is 0 Å². The highest BCUT2D eigenvalue weighted by molar-refractivity contribution is 5.26. The summed E-state index contributed by atoms with van der Waals surface area (Å²) < 4.78 is 12.9. The third-order valence-electron chi connectivity index (χ3n) is 2.06. The number of aliphatic hydroxyl groups is 1. The molecule has 0 aromatic carbocycles. The van der Waals surface area contributed by atoms with Gasteiger partial charge in [0.2, 0.25) is 0 Å². The predicted octanol–water partition coefficient (Wildman–Crippen LogP) is 1.70. The van der Waals surface area contributed by atoms with Crippen molar-refractivity contribution in [3.8, 4) is 0 Å². The first-order valence-corrected chi connectivity index (χ1v) is 4.46. The molecule has 2 heterocycles. The van der Waals surface area contributed by atoms with Crippen LogP contribution in [0.5, 0.6) is 0 Å². The lowest BCUT2D eigenvalue weighted by Gasteiger charge is -2.10. The van der Waals surface area contributed by atoms with Crippen LogP contribution in [-0.2, 0) is 0 Å². The van der Waals surface area contributed by atoms with E-state index in [0.29, 0.717) is 11.1 Å². The van der Waals surface area contributed by atoms with Crippen molar-refractivity contribution in [3.05, 3.63) is 59.9 Å². The van der Waals surface area contributed by atoms with E-state index in [-0.39, 0.29) is 0 Å². The molecule has 15 heavy (non-hydrogen) atoms. The van der Waals surface area contributed by atoms with Gasteiger partial charge in [-0.3, -0.25) is 9.97 Å². The smallest absolute Gasteiger partial charge is 0.141 e. The minimum absolute atomic E-state index is 0.432. The van der Waals surface area contributed by atoms with E-state index in [1.54, 1.807) is 24.5 Å². The topological polar surface area (TPSA) is 46.0 Å². The Hall–Kier alpha value is -1.81. The Bertz CT molecular complexity index is 447. The third-order valence-corrected chi connectivity index (χ3v) is 2.06. The average Bonchev–Trinajstić information content (AvgIpc) is 2.29. The number of hydrogen-bond donors (Lipinski definition) is 1. The number of hydrogen-bond acceptors (Lipinski definition) is 3. The zero-order valence-corrected chi connectivity index (χ0v) is 7.84. The second-order valence-electron chi connectivity index (χ2n) is 3.12. The van der Waals surface area contributed by atoms with E-state index in [4.69, 9.17) is 0 Å². The summed E-state index contributed by atoms with van der Waals surface area (Å²) in [5, 5.41) is 9.88. The predicted molar refractivity (Wildman–Crippen MR) is 52.5 cm³/mol. The summed E-state index contributed by atoms with van der Waals surface area (Å²) in [6.45, 7) is 0. The van der Waals surface area contributed by atoms with Gasteiger partial charge in [0.05, 0.1) is 6.20 Å². The minimum atomic E-state index is -0.865. The van der Waals surface area contributed by atoms with Crippen LogP contribution in [0.3, 0.4) is 0 Å². The zero-order valence-electron chi connectivity index (χ0n) is 7.84. The summed E-state index contributed by atoms with van der Waals surface area (Å²) in [6, 6.07) is 4.61. The lowest BCUT2D eigenvalue weighted by Crippen LogP contribution is -2.00. The summed E-state index contributed by atoms with van der Waals surface area (Å²) in [6.07, 6.45) is 4.82. The summed E-state index contributed by atoms with van der Waals surface area (Å²) in [5.74, 6) is -0.458. The maximum absolute atomic E-state index is 12.9. The molecule has 2 rings (SSSR count). The van der Waals surface area contributed by atoms with Crippen molar-refractivity contribution < 1.29 is 9.50 Å². The van der Waals surface area contributed by atoms with Crippen molar-refractivity contribution in [3.63, 3.8) is 0 Å². The molecule has 0 aliphatic rings. The van der Waals surface area contributed by atoms with Gasteiger partial charge in [-0.25, -0.2) is 4.39 Å². The number of aromatic nitrogens is 2. The van der Waals surface area contributed by atoms with Crippen LogP contribution >= 0.6 is 0 Å². The lowest BCUT2D eigenvalue weighted by atomic mass is 10.0. The number of nitrogens with zero attached hydrogens (tertiary/aromatic N) is 2. The fourth-order valence-corrected chi connectivity index (χ4v) is 1.32. The van der Waals surface area contributed by atoms with Crippen LogP contribution in [0, 0.1) is 5.82 Å². The van der Waals surface area contributed by atoms with Crippen molar-refractivity contribution in [2.45, 2.75) is 6.10 Å². The van der Waals surface area contributed by atoms with Crippen molar-refractivity contribution >= 4 is 0 Å². The van der Waals surface area contributed by atoms with Gasteiger partial charge in [0.25, 0.3) is 0 Å². The van der Waals surface area contributed by atoms with E-state index < -0.39 is 11.9 Å². The molecule has 2 aromatic rings. The Morgan fingerprint density at radius 1 is 1.07 bits per heavy atom. The van der Waals surface area contributed by atoms with Gasteiger partial charge in [0.15, 0.2) is 0 Å². The molecule has 0 fully saturated rings. The van der Waals surface area contributed by atoms with Gasteiger partial charge in [-0.2, -0.15) is 0 Å². The van der Waals surface area contributed by atoms with Crippen molar-refractivity contribution in [2.24, 2.45) is 0 Å². The molecule has 0 saturated carbocycles. The largest absolute Gasteiger partial charge is 0.384 e. The van der Waals surface area contributed by atoms with Gasteiger partial charge < -0.3 is 5.11 Å². The van der Waals surface area contributed by atoms with Gasteiger partial charge in [0.1, 0.15) is 11.9 Å². The molecule has 0 spiro atoms. The summed E-state index contributed by atoms with van der Waals surface area (Å²) in [5.41, 5.74) is 1.10. The van der Waals surface area contributed by atoms with Crippen LogP contribution in [0.15, 0.2) is 43.0 Å². The molecule has 0 aliphatic carbocycles. The van der Waals surface area contributed by atoms with E-state index in [9.17, 15) is 9.50 Å². The molecule has 76 valence electrons. The second-order valence-corrected chi connectivity index (χ2v) is 3.12. The highest BCUT2D eigenvalue weighted by atomic mass is 19.1. The molecule has 1 N–H and O–H groups in total. The molecule has 3 nitrogen and oxygen atoms in total. The molecule has 2 aromatic heterocycles. The van der Waals surface area contributed by atoms with E-state index >= 15 is 0 Å². The van der Waals surface area contributed by atoms with Gasteiger partial charge in [-0.1, -0.05) is 0 Å². The van der Waals surface area contributed by atoms with Crippen LogP contribution in [0.4, 0.5) is 4.39 Å². The van der Waals surface area contributed by atoms with E-state index in [1.807, 2.05) is 0 Å². The Kier molecular flexibility index (Phi) is 2.69. The van der Waals surface area contributed by atoms with E-state index in [0.717, 1.165) is 6.20 Å². The first-order chi connectivity index (χ1) is 7.27.